The second-order valence-electron chi connectivity index (χ2n) is 5.75. The average molecular weight is 343 g/mol. The van der Waals surface area contributed by atoms with E-state index in [0.717, 1.165) is 21.5 Å². The summed E-state index contributed by atoms with van der Waals surface area (Å²) in [6, 6.07) is 10.8. The van der Waals surface area contributed by atoms with Crippen molar-refractivity contribution in [3.05, 3.63) is 53.3 Å². The minimum absolute atomic E-state index is 0.130. The molecule has 4 nitrogen and oxygen atoms in total. The smallest absolute Gasteiger partial charge is 0.243 e. The number of nitrogens with one attached hydrogen (secondary N) is 1. The molecular weight excluding hydrogens is 325 g/mol. The summed E-state index contributed by atoms with van der Waals surface area (Å²) in [5.41, 5.74) is 3.23. The van der Waals surface area contributed by atoms with Gasteiger partial charge in [0.05, 0.1) is 11.2 Å². The van der Waals surface area contributed by atoms with Crippen LogP contribution in [0.1, 0.15) is 11.1 Å². The number of para-hydroxylation sites is 2. The molecule has 1 aromatic heterocycles. The first kappa shape index (κ1) is 16.4. The van der Waals surface area contributed by atoms with Gasteiger partial charge in [-0.15, -0.1) is 0 Å². The van der Waals surface area contributed by atoms with Crippen LogP contribution in [0.4, 0.5) is 15.2 Å². The minimum Gasteiger partial charge on any atom is -0.342 e. The van der Waals surface area contributed by atoms with Crippen LogP contribution < -0.4 is 10.2 Å². The lowest BCUT2D eigenvalue weighted by Gasteiger charge is -2.17. The van der Waals surface area contributed by atoms with Crippen molar-refractivity contribution in [3.8, 4) is 0 Å². The highest BCUT2D eigenvalue weighted by molar-refractivity contribution is 7.22. The van der Waals surface area contributed by atoms with Crippen molar-refractivity contribution in [2.45, 2.75) is 13.8 Å². The van der Waals surface area contributed by atoms with E-state index in [-0.39, 0.29) is 18.3 Å². The normalized spacial score (nSPS) is 10.8. The zero-order chi connectivity index (χ0) is 17.3. The molecule has 0 saturated heterocycles. The second kappa shape index (κ2) is 6.57. The number of amides is 1. The zero-order valence-electron chi connectivity index (χ0n) is 13.8. The van der Waals surface area contributed by atoms with Crippen LogP contribution in [0, 0.1) is 19.7 Å². The molecule has 0 aliphatic heterocycles. The van der Waals surface area contributed by atoms with Gasteiger partial charge in [-0.25, -0.2) is 9.37 Å². The Bertz CT molecular complexity index is 886. The topological polar surface area (TPSA) is 45.2 Å². The van der Waals surface area contributed by atoms with Crippen molar-refractivity contribution >= 4 is 38.3 Å². The quantitative estimate of drug-likeness (QED) is 0.775. The third-order valence-electron chi connectivity index (χ3n) is 3.81. The third-order valence-corrected chi connectivity index (χ3v) is 4.95. The molecule has 1 amide bonds. The molecule has 0 bridgehead atoms. The number of carbonyl (C=O) groups excluding carboxylic acids is 1. The molecule has 3 rings (SSSR count). The summed E-state index contributed by atoms with van der Waals surface area (Å²) in [7, 11) is 1.78. The number of hydrogen-bond donors (Lipinski definition) is 1. The molecule has 0 radical (unpaired) electrons. The molecule has 24 heavy (non-hydrogen) atoms. The van der Waals surface area contributed by atoms with Crippen molar-refractivity contribution in [3.63, 3.8) is 0 Å². The van der Waals surface area contributed by atoms with E-state index in [9.17, 15) is 9.18 Å². The van der Waals surface area contributed by atoms with E-state index in [2.05, 4.69) is 10.3 Å². The summed E-state index contributed by atoms with van der Waals surface area (Å²) >= 11 is 1.37. The lowest BCUT2D eigenvalue weighted by atomic mass is 10.1. The highest BCUT2D eigenvalue weighted by Crippen LogP contribution is 2.29. The molecule has 0 unspecified atom stereocenters. The standard InChI is InChI=1S/C18H18FN3OS/c1-11-6-4-7-12(2)16(11)20-15(23)10-22(3)18-21-17-13(19)8-5-9-14(17)24-18/h4-9H,10H2,1-3H3,(H,20,23). The van der Waals surface area contributed by atoms with Gasteiger partial charge in [-0.2, -0.15) is 0 Å². The van der Waals surface area contributed by atoms with E-state index < -0.39 is 0 Å². The average Bonchev–Trinajstić information content (AvgIpc) is 2.97. The molecule has 1 heterocycles. The lowest BCUT2D eigenvalue weighted by molar-refractivity contribution is -0.114. The Morgan fingerprint density at radius 3 is 2.54 bits per heavy atom. The highest BCUT2D eigenvalue weighted by Gasteiger charge is 2.15. The van der Waals surface area contributed by atoms with Crippen LogP contribution >= 0.6 is 11.3 Å². The Morgan fingerprint density at radius 1 is 1.21 bits per heavy atom. The van der Waals surface area contributed by atoms with Crippen LogP contribution in [0.15, 0.2) is 36.4 Å². The first-order valence-electron chi connectivity index (χ1n) is 7.58. The number of anilines is 2. The maximum Gasteiger partial charge on any atom is 0.243 e. The lowest BCUT2D eigenvalue weighted by Crippen LogP contribution is -2.30. The maximum absolute atomic E-state index is 13.7. The predicted molar refractivity (Wildman–Crippen MR) is 97.4 cm³/mol. The second-order valence-corrected chi connectivity index (χ2v) is 6.76. The van der Waals surface area contributed by atoms with Gasteiger partial charge in [-0.05, 0) is 37.1 Å². The van der Waals surface area contributed by atoms with Crippen molar-refractivity contribution in [2.75, 3.05) is 23.8 Å². The summed E-state index contributed by atoms with van der Waals surface area (Å²) in [5, 5.41) is 3.56. The van der Waals surface area contributed by atoms with Crippen molar-refractivity contribution in [1.29, 1.82) is 0 Å². The van der Waals surface area contributed by atoms with E-state index in [4.69, 9.17) is 0 Å². The summed E-state index contributed by atoms with van der Waals surface area (Å²) in [6.07, 6.45) is 0. The van der Waals surface area contributed by atoms with Gasteiger partial charge in [-0.1, -0.05) is 35.6 Å². The number of carbonyl (C=O) groups is 1. The molecule has 0 fully saturated rings. The molecule has 0 saturated carbocycles. The summed E-state index contributed by atoms with van der Waals surface area (Å²) in [6.45, 7) is 4.07. The van der Waals surface area contributed by atoms with E-state index in [0.29, 0.717) is 10.6 Å². The molecule has 0 spiro atoms. The van der Waals surface area contributed by atoms with Gasteiger partial charge in [-0.3, -0.25) is 4.79 Å². The highest BCUT2D eigenvalue weighted by atomic mass is 32.1. The molecule has 6 heteroatoms. The van der Waals surface area contributed by atoms with Crippen LogP contribution in [-0.2, 0) is 4.79 Å². The molecule has 1 N–H and O–H groups in total. The fourth-order valence-corrected chi connectivity index (χ4v) is 3.48. The fraction of sp³-hybridized carbons (Fsp3) is 0.222. The van der Waals surface area contributed by atoms with E-state index in [1.54, 1.807) is 18.0 Å². The Morgan fingerprint density at radius 2 is 1.88 bits per heavy atom. The first-order chi connectivity index (χ1) is 11.5. The van der Waals surface area contributed by atoms with E-state index in [1.807, 2.05) is 38.1 Å². The molecule has 124 valence electrons. The number of rotatable bonds is 4. The third kappa shape index (κ3) is 3.23. The predicted octanol–water partition coefficient (Wildman–Crippen LogP) is 4.13. The van der Waals surface area contributed by atoms with Gasteiger partial charge in [0.25, 0.3) is 0 Å². The summed E-state index contributed by atoms with van der Waals surface area (Å²) in [5.74, 6) is -0.474. The zero-order valence-corrected chi connectivity index (χ0v) is 14.6. The molecule has 2 aromatic carbocycles. The molecular formula is C18H18FN3OS. The van der Waals surface area contributed by atoms with E-state index >= 15 is 0 Å². The monoisotopic (exact) mass is 343 g/mol. The van der Waals surface area contributed by atoms with Gasteiger partial charge in [0, 0.05) is 12.7 Å². The van der Waals surface area contributed by atoms with Gasteiger partial charge in [0.1, 0.15) is 11.3 Å². The number of hydrogen-bond acceptors (Lipinski definition) is 4. The van der Waals surface area contributed by atoms with Crippen molar-refractivity contribution < 1.29 is 9.18 Å². The SMILES string of the molecule is Cc1cccc(C)c1NC(=O)CN(C)c1nc2c(F)cccc2s1. The van der Waals surface area contributed by atoms with Gasteiger partial charge in [0.2, 0.25) is 5.91 Å². The van der Waals surface area contributed by atoms with Crippen molar-refractivity contribution in [2.24, 2.45) is 0 Å². The number of aromatic nitrogens is 1. The van der Waals surface area contributed by atoms with Crippen LogP contribution in [0.25, 0.3) is 10.2 Å². The Balaban J connectivity index is 1.75. The number of aryl methyl sites for hydroxylation is 2. The first-order valence-corrected chi connectivity index (χ1v) is 8.39. The van der Waals surface area contributed by atoms with Crippen LogP contribution in [0.3, 0.4) is 0 Å². The van der Waals surface area contributed by atoms with E-state index in [1.165, 1.54) is 17.4 Å². The maximum atomic E-state index is 13.7. The van der Waals surface area contributed by atoms with Gasteiger partial charge >= 0.3 is 0 Å². The summed E-state index contributed by atoms with van der Waals surface area (Å²) in [4.78, 5) is 18.4. The van der Waals surface area contributed by atoms with Crippen LogP contribution in [0.2, 0.25) is 0 Å². The van der Waals surface area contributed by atoms with Crippen LogP contribution in [0.5, 0.6) is 0 Å². The summed E-state index contributed by atoms with van der Waals surface area (Å²) < 4.78 is 14.5. The largest absolute Gasteiger partial charge is 0.342 e. The number of thiazole rings is 1. The molecule has 0 aliphatic rings. The number of nitrogens with zero attached hydrogens (tertiary/aromatic N) is 2. The fourth-order valence-electron chi connectivity index (χ4n) is 2.54. The number of likely N-dealkylation sites (N-methyl/N-ethyl adjacent to an activating group) is 1. The van der Waals surface area contributed by atoms with Gasteiger partial charge < -0.3 is 10.2 Å². The van der Waals surface area contributed by atoms with Gasteiger partial charge in [0.15, 0.2) is 5.13 Å². The Kier molecular flexibility index (Phi) is 4.49. The molecule has 0 aliphatic carbocycles. The molecule has 0 atom stereocenters. The Labute approximate surface area is 143 Å². The van der Waals surface area contributed by atoms with Crippen LogP contribution in [-0.4, -0.2) is 24.5 Å². The number of benzene rings is 2. The Hall–Kier alpha value is -2.47. The minimum atomic E-state index is -0.344. The van der Waals surface area contributed by atoms with Crippen molar-refractivity contribution in [1.82, 2.24) is 4.98 Å². The number of fused-ring (bicyclic) bond motifs is 1. The number of halogens is 1. The molecule has 3 aromatic rings.